The molecule has 4 rings (SSSR count). The molecule has 0 spiro atoms. The number of rotatable bonds is 2. The summed E-state index contributed by atoms with van der Waals surface area (Å²) in [5.74, 6) is -0.756. The summed E-state index contributed by atoms with van der Waals surface area (Å²) in [4.78, 5) is 20.9. The van der Waals surface area contributed by atoms with Gasteiger partial charge in [0.25, 0.3) is 0 Å². The lowest BCUT2D eigenvalue weighted by atomic mass is 9.96. The monoisotopic (exact) mass is 322 g/mol. The Balaban J connectivity index is 1.99. The van der Waals surface area contributed by atoms with Crippen molar-refractivity contribution in [3.05, 3.63) is 46.2 Å². The van der Waals surface area contributed by atoms with E-state index in [1.165, 1.54) is 6.07 Å². The molecule has 0 saturated heterocycles. The van der Waals surface area contributed by atoms with Gasteiger partial charge in [-0.3, -0.25) is 0 Å². The number of para-hydroxylation sites is 1. The highest BCUT2D eigenvalue weighted by molar-refractivity contribution is 6.53. The molecule has 5 heteroatoms. The summed E-state index contributed by atoms with van der Waals surface area (Å²) in [5.41, 5.74) is 4.81. The van der Waals surface area contributed by atoms with Gasteiger partial charge in [-0.05, 0) is 44.0 Å². The molecule has 0 aromatic heterocycles. The molecule has 2 aromatic rings. The van der Waals surface area contributed by atoms with Crippen LogP contribution >= 0.6 is 0 Å². The van der Waals surface area contributed by atoms with Gasteiger partial charge in [0.1, 0.15) is 11.5 Å². The van der Waals surface area contributed by atoms with E-state index >= 15 is 0 Å². The molecule has 0 fully saturated rings. The van der Waals surface area contributed by atoms with E-state index in [2.05, 4.69) is 9.98 Å². The van der Waals surface area contributed by atoms with Crippen LogP contribution in [0, 0.1) is 12.7 Å². The topological polar surface area (TPSA) is 51.0 Å². The second kappa shape index (κ2) is 5.09. The summed E-state index contributed by atoms with van der Waals surface area (Å²) in [7, 11) is 0. The standard InChI is InChI=1S/C19H15FN2O2/c1-4-24-19(23)17-10(3)15-9(2)16-11-6-5-7-12(20)18(11)22-14(16)8-13(15)21-17/h5-8H,4H2,1-3H3. The predicted molar refractivity (Wildman–Crippen MR) is 89.8 cm³/mol. The molecule has 0 bridgehead atoms. The number of hydrogen-bond acceptors (Lipinski definition) is 4. The Bertz CT molecular complexity index is 1070. The highest BCUT2D eigenvalue weighted by Crippen LogP contribution is 2.36. The van der Waals surface area contributed by atoms with Gasteiger partial charge in [-0.15, -0.1) is 0 Å². The molecule has 24 heavy (non-hydrogen) atoms. The van der Waals surface area contributed by atoms with E-state index in [9.17, 15) is 9.18 Å². The van der Waals surface area contributed by atoms with Crippen molar-refractivity contribution in [1.82, 2.24) is 0 Å². The van der Waals surface area contributed by atoms with Crippen LogP contribution in [0.25, 0.3) is 16.7 Å². The summed E-state index contributed by atoms with van der Waals surface area (Å²) >= 11 is 0. The molecule has 2 aromatic carbocycles. The zero-order valence-electron chi connectivity index (χ0n) is 13.6. The van der Waals surface area contributed by atoms with Crippen LogP contribution in [0.1, 0.15) is 19.4 Å². The van der Waals surface area contributed by atoms with Crippen LogP contribution in [0.5, 0.6) is 0 Å². The normalized spacial score (nSPS) is 13.8. The molecule has 0 saturated carbocycles. The van der Waals surface area contributed by atoms with Crippen molar-refractivity contribution in [2.45, 2.75) is 20.8 Å². The number of halogens is 1. The lowest BCUT2D eigenvalue weighted by Gasteiger charge is -2.06. The van der Waals surface area contributed by atoms with Crippen LogP contribution in [-0.4, -0.2) is 18.3 Å². The summed E-state index contributed by atoms with van der Waals surface area (Å²) in [6.45, 7) is 5.89. The van der Waals surface area contributed by atoms with E-state index in [-0.39, 0.29) is 5.82 Å². The largest absolute Gasteiger partial charge is 0.461 e. The molecule has 2 heterocycles. The average molecular weight is 322 g/mol. The minimum Gasteiger partial charge on any atom is -0.461 e. The Kier molecular flexibility index (Phi) is 3.13. The lowest BCUT2D eigenvalue weighted by molar-refractivity contribution is -0.134. The molecular formula is C19H15FN2O2. The van der Waals surface area contributed by atoms with Crippen molar-refractivity contribution < 1.29 is 13.9 Å². The third-order valence-corrected chi connectivity index (χ3v) is 4.46. The number of fused-ring (bicyclic) bond motifs is 4. The number of aliphatic imine (C=N–C) groups is 1. The van der Waals surface area contributed by atoms with Gasteiger partial charge in [-0.2, -0.15) is 0 Å². The van der Waals surface area contributed by atoms with Crippen LogP contribution in [0.2, 0.25) is 0 Å². The summed E-state index contributed by atoms with van der Waals surface area (Å²) in [6.07, 6.45) is 0. The second-order valence-electron chi connectivity index (χ2n) is 5.84. The fraction of sp³-hybridized carbons (Fsp3) is 0.211. The lowest BCUT2D eigenvalue weighted by Crippen LogP contribution is -2.20. The molecule has 2 aliphatic heterocycles. The van der Waals surface area contributed by atoms with Crippen LogP contribution in [0.3, 0.4) is 0 Å². The fourth-order valence-electron chi connectivity index (χ4n) is 3.44. The molecule has 0 N–H and O–H groups in total. The first kappa shape index (κ1) is 14.8. The number of esters is 1. The van der Waals surface area contributed by atoms with Gasteiger partial charge in [0.15, 0.2) is 5.71 Å². The number of hydrogen-bond donors (Lipinski definition) is 0. The van der Waals surface area contributed by atoms with Crippen molar-refractivity contribution in [3.8, 4) is 11.1 Å². The van der Waals surface area contributed by atoms with Crippen LogP contribution < -0.4 is 10.6 Å². The maximum Gasteiger partial charge on any atom is 0.357 e. The molecule has 0 amide bonds. The minimum atomic E-state index is -0.422. The second-order valence-corrected chi connectivity index (χ2v) is 5.84. The number of nitrogens with zero attached hydrogens (tertiary/aromatic N) is 2. The number of benzene rings is 2. The predicted octanol–water partition coefficient (Wildman–Crippen LogP) is 2.89. The highest BCUT2D eigenvalue weighted by Gasteiger charge is 2.27. The Labute approximate surface area is 138 Å². The van der Waals surface area contributed by atoms with E-state index in [1.54, 1.807) is 13.0 Å². The fourth-order valence-corrected chi connectivity index (χ4v) is 3.44. The SMILES string of the molecule is CCOC(=O)C1=Nc2cc3c(c(C)c2=C1C)-c1cccc(F)c1N=3. The average Bonchev–Trinajstić information content (AvgIpc) is 3.07. The van der Waals surface area contributed by atoms with E-state index in [0.29, 0.717) is 29.1 Å². The highest BCUT2D eigenvalue weighted by atomic mass is 19.1. The first-order valence-electron chi connectivity index (χ1n) is 7.81. The zero-order chi connectivity index (χ0) is 17.0. The molecule has 120 valence electrons. The Hall–Kier alpha value is -2.82. The van der Waals surface area contributed by atoms with E-state index in [0.717, 1.165) is 27.5 Å². The van der Waals surface area contributed by atoms with Crippen molar-refractivity contribution in [1.29, 1.82) is 0 Å². The smallest absolute Gasteiger partial charge is 0.357 e. The van der Waals surface area contributed by atoms with Crippen LogP contribution in [-0.2, 0) is 9.53 Å². The van der Waals surface area contributed by atoms with Gasteiger partial charge in [0.2, 0.25) is 0 Å². The first-order chi connectivity index (χ1) is 11.5. The van der Waals surface area contributed by atoms with Crippen molar-refractivity contribution in [2.24, 2.45) is 9.98 Å². The van der Waals surface area contributed by atoms with E-state index < -0.39 is 5.97 Å². The number of carbonyl (C=O) groups is 1. The van der Waals surface area contributed by atoms with Crippen molar-refractivity contribution >= 4 is 28.6 Å². The van der Waals surface area contributed by atoms with Gasteiger partial charge < -0.3 is 4.74 Å². The number of ether oxygens (including phenoxy) is 1. The van der Waals surface area contributed by atoms with Crippen LogP contribution in [0.15, 0.2) is 34.3 Å². The Morgan fingerprint density at radius 1 is 1.25 bits per heavy atom. The van der Waals surface area contributed by atoms with Gasteiger partial charge in [-0.1, -0.05) is 12.1 Å². The molecule has 0 aliphatic carbocycles. The third kappa shape index (κ3) is 1.87. The van der Waals surface area contributed by atoms with Gasteiger partial charge >= 0.3 is 5.97 Å². The minimum absolute atomic E-state index is 0.305. The van der Waals surface area contributed by atoms with E-state index in [4.69, 9.17) is 4.74 Å². The molecule has 4 nitrogen and oxygen atoms in total. The van der Waals surface area contributed by atoms with Gasteiger partial charge in [0.05, 0.1) is 17.7 Å². The molecule has 2 aliphatic rings. The number of carbonyl (C=O) groups excluding carboxylic acids is 1. The maximum absolute atomic E-state index is 14.0. The molecule has 0 unspecified atom stereocenters. The first-order valence-corrected chi connectivity index (χ1v) is 7.81. The van der Waals surface area contributed by atoms with Crippen molar-refractivity contribution in [3.63, 3.8) is 0 Å². The van der Waals surface area contributed by atoms with Crippen LogP contribution in [0.4, 0.5) is 15.8 Å². The molecule has 0 atom stereocenters. The molecular weight excluding hydrogens is 307 g/mol. The van der Waals surface area contributed by atoms with E-state index in [1.807, 2.05) is 26.0 Å². The summed E-state index contributed by atoms with van der Waals surface area (Å²) in [5, 5.41) is 1.59. The Morgan fingerprint density at radius 3 is 2.79 bits per heavy atom. The van der Waals surface area contributed by atoms with Gasteiger partial charge in [0, 0.05) is 16.3 Å². The summed E-state index contributed by atoms with van der Waals surface area (Å²) < 4.78 is 19.1. The Morgan fingerprint density at radius 2 is 2.04 bits per heavy atom. The van der Waals surface area contributed by atoms with Gasteiger partial charge in [-0.25, -0.2) is 19.2 Å². The quantitative estimate of drug-likeness (QED) is 0.681. The maximum atomic E-state index is 14.0. The molecule has 0 radical (unpaired) electrons. The zero-order valence-corrected chi connectivity index (χ0v) is 13.6. The summed E-state index contributed by atoms with van der Waals surface area (Å²) in [6, 6.07) is 6.77. The third-order valence-electron chi connectivity index (χ3n) is 4.46. The van der Waals surface area contributed by atoms with Crippen molar-refractivity contribution in [2.75, 3.05) is 6.61 Å².